The number of amides is 1. The third-order valence-electron chi connectivity index (χ3n) is 3.60. The van der Waals surface area contributed by atoms with Crippen LogP contribution in [0.25, 0.3) is 11.0 Å². The molecule has 1 N–H and O–H groups in total. The molecule has 6 nitrogen and oxygen atoms in total. The fraction of sp³-hybridized carbons (Fsp3) is 0.158. The molecule has 25 heavy (non-hydrogen) atoms. The Morgan fingerprint density at radius 1 is 1.04 bits per heavy atom. The SMILES string of the molecule is Cc1ccc(CNC(=O)COC(=O)c2cnc3ccccc3n2)cc1. The lowest BCUT2D eigenvalue weighted by molar-refractivity contribution is -0.124. The van der Waals surface area contributed by atoms with Gasteiger partial charge in [0.1, 0.15) is 0 Å². The fourth-order valence-electron chi connectivity index (χ4n) is 2.22. The van der Waals surface area contributed by atoms with E-state index >= 15 is 0 Å². The smallest absolute Gasteiger partial charge is 0.359 e. The van der Waals surface area contributed by atoms with Gasteiger partial charge >= 0.3 is 5.97 Å². The summed E-state index contributed by atoms with van der Waals surface area (Å²) in [4.78, 5) is 32.1. The van der Waals surface area contributed by atoms with Crippen LogP contribution < -0.4 is 5.32 Å². The van der Waals surface area contributed by atoms with E-state index in [0.29, 0.717) is 17.6 Å². The Balaban J connectivity index is 1.52. The van der Waals surface area contributed by atoms with Crippen molar-refractivity contribution in [1.29, 1.82) is 0 Å². The number of benzene rings is 2. The average Bonchev–Trinajstić information content (AvgIpc) is 2.65. The average molecular weight is 335 g/mol. The Bertz CT molecular complexity index is 907. The highest BCUT2D eigenvalue weighted by Crippen LogP contribution is 2.09. The molecule has 6 heteroatoms. The molecule has 0 bridgehead atoms. The van der Waals surface area contributed by atoms with Crippen LogP contribution in [-0.2, 0) is 16.1 Å². The van der Waals surface area contributed by atoms with Crippen molar-refractivity contribution in [1.82, 2.24) is 15.3 Å². The molecule has 0 saturated carbocycles. The topological polar surface area (TPSA) is 81.2 Å². The largest absolute Gasteiger partial charge is 0.451 e. The predicted molar refractivity (Wildman–Crippen MR) is 92.8 cm³/mol. The third kappa shape index (κ3) is 4.38. The number of ether oxygens (including phenoxy) is 1. The van der Waals surface area contributed by atoms with Crippen molar-refractivity contribution in [3.63, 3.8) is 0 Å². The number of aryl methyl sites for hydroxylation is 1. The highest BCUT2D eigenvalue weighted by Gasteiger charge is 2.12. The van der Waals surface area contributed by atoms with Gasteiger partial charge in [0, 0.05) is 6.54 Å². The van der Waals surface area contributed by atoms with Gasteiger partial charge in [-0.2, -0.15) is 0 Å². The number of carbonyl (C=O) groups is 2. The number of hydrogen-bond donors (Lipinski definition) is 1. The van der Waals surface area contributed by atoms with Crippen molar-refractivity contribution in [3.8, 4) is 0 Å². The summed E-state index contributed by atoms with van der Waals surface area (Å²) < 4.78 is 4.99. The highest BCUT2D eigenvalue weighted by atomic mass is 16.5. The molecular weight excluding hydrogens is 318 g/mol. The molecule has 0 aliphatic heterocycles. The lowest BCUT2D eigenvalue weighted by Crippen LogP contribution is -2.28. The molecule has 0 atom stereocenters. The number of fused-ring (bicyclic) bond motifs is 1. The fourth-order valence-corrected chi connectivity index (χ4v) is 2.22. The van der Waals surface area contributed by atoms with Crippen LogP contribution in [0, 0.1) is 6.92 Å². The lowest BCUT2D eigenvalue weighted by Gasteiger charge is -2.07. The third-order valence-corrected chi connectivity index (χ3v) is 3.60. The first-order chi connectivity index (χ1) is 12.1. The van der Waals surface area contributed by atoms with Crippen LogP contribution in [0.2, 0.25) is 0 Å². The molecular formula is C19H17N3O3. The van der Waals surface area contributed by atoms with Crippen LogP contribution in [0.15, 0.2) is 54.7 Å². The van der Waals surface area contributed by atoms with Gasteiger partial charge in [0.2, 0.25) is 0 Å². The van der Waals surface area contributed by atoms with E-state index in [0.717, 1.165) is 11.1 Å². The molecule has 1 amide bonds. The van der Waals surface area contributed by atoms with Gasteiger partial charge in [-0.3, -0.25) is 9.78 Å². The van der Waals surface area contributed by atoms with E-state index in [1.54, 1.807) is 12.1 Å². The first-order valence-electron chi connectivity index (χ1n) is 7.83. The number of hydrogen-bond acceptors (Lipinski definition) is 5. The zero-order valence-electron chi connectivity index (χ0n) is 13.7. The van der Waals surface area contributed by atoms with Crippen molar-refractivity contribution in [2.45, 2.75) is 13.5 Å². The molecule has 3 aromatic rings. The number of nitrogens with zero attached hydrogens (tertiary/aromatic N) is 2. The van der Waals surface area contributed by atoms with Crippen LogP contribution >= 0.6 is 0 Å². The molecule has 0 aliphatic carbocycles. The first-order valence-corrected chi connectivity index (χ1v) is 7.83. The Labute approximate surface area is 144 Å². The van der Waals surface area contributed by atoms with Crippen LogP contribution in [-0.4, -0.2) is 28.5 Å². The maximum absolute atomic E-state index is 12.0. The van der Waals surface area contributed by atoms with Crippen LogP contribution in [0.3, 0.4) is 0 Å². The lowest BCUT2D eigenvalue weighted by atomic mass is 10.1. The summed E-state index contributed by atoms with van der Waals surface area (Å²) in [5.74, 6) is -1.05. The molecule has 0 aliphatic rings. The van der Waals surface area contributed by atoms with E-state index in [2.05, 4.69) is 15.3 Å². The second-order valence-electron chi connectivity index (χ2n) is 5.58. The molecule has 1 aromatic heterocycles. The van der Waals surface area contributed by atoms with E-state index in [1.807, 2.05) is 43.3 Å². The van der Waals surface area contributed by atoms with Gasteiger partial charge < -0.3 is 10.1 Å². The first kappa shape index (κ1) is 16.6. The summed E-state index contributed by atoms with van der Waals surface area (Å²) in [5, 5.41) is 2.70. The summed E-state index contributed by atoms with van der Waals surface area (Å²) in [7, 11) is 0. The van der Waals surface area contributed by atoms with Gasteiger partial charge in [-0.1, -0.05) is 42.0 Å². The van der Waals surface area contributed by atoms with E-state index < -0.39 is 5.97 Å². The molecule has 1 heterocycles. The minimum absolute atomic E-state index is 0.0741. The number of esters is 1. The second kappa shape index (κ2) is 7.53. The van der Waals surface area contributed by atoms with Crippen LogP contribution in [0.1, 0.15) is 21.6 Å². The number of rotatable bonds is 5. The maximum Gasteiger partial charge on any atom is 0.359 e. The molecule has 0 radical (unpaired) electrons. The monoisotopic (exact) mass is 335 g/mol. The van der Waals surface area contributed by atoms with Crippen molar-refractivity contribution < 1.29 is 14.3 Å². The Morgan fingerprint density at radius 2 is 1.76 bits per heavy atom. The molecule has 0 saturated heterocycles. The standard InChI is InChI=1S/C19H17N3O3/c1-13-6-8-14(9-7-13)10-21-18(23)12-25-19(24)17-11-20-15-4-2-3-5-16(15)22-17/h2-9,11H,10,12H2,1H3,(H,21,23). The summed E-state index contributed by atoms with van der Waals surface area (Å²) in [6.45, 7) is 2.02. The minimum Gasteiger partial charge on any atom is -0.451 e. The van der Waals surface area contributed by atoms with Crippen molar-refractivity contribution in [2.24, 2.45) is 0 Å². The Hall–Kier alpha value is -3.28. The van der Waals surface area contributed by atoms with Gasteiger partial charge in [0.25, 0.3) is 5.91 Å². The minimum atomic E-state index is -0.677. The van der Waals surface area contributed by atoms with Crippen molar-refractivity contribution in [3.05, 3.63) is 71.5 Å². The van der Waals surface area contributed by atoms with Gasteiger partial charge in [0.15, 0.2) is 12.3 Å². The van der Waals surface area contributed by atoms with Crippen molar-refractivity contribution >= 4 is 22.9 Å². The highest BCUT2D eigenvalue weighted by molar-refractivity contribution is 5.91. The summed E-state index contributed by atoms with van der Waals surface area (Å²) in [5.41, 5.74) is 3.49. The van der Waals surface area contributed by atoms with E-state index in [-0.39, 0.29) is 18.2 Å². The van der Waals surface area contributed by atoms with E-state index in [9.17, 15) is 9.59 Å². The predicted octanol–water partition coefficient (Wildman–Crippen LogP) is 2.41. The zero-order valence-corrected chi connectivity index (χ0v) is 13.7. The second-order valence-corrected chi connectivity index (χ2v) is 5.58. The quantitative estimate of drug-likeness (QED) is 0.724. The maximum atomic E-state index is 12.0. The van der Waals surface area contributed by atoms with Gasteiger partial charge in [0.05, 0.1) is 17.2 Å². The Morgan fingerprint density at radius 3 is 2.52 bits per heavy atom. The molecule has 2 aromatic carbocycles. The summed E-state index contributed by atoms with van der Waals surface area (Å²) >= 11 is 0. The molecule has 3 rings (SSSR count). The van der Waals surface area contributed by atoms with Crippen molar-refractivity contribution in [2.75, 3.05) is 6.61 Å². The molecule has 0 spiro atoms. The van der Waals surface area contributed by atoms with E-state index in [4.69, 9.17) is 4.74 Å². The molecule has 126 valence electrons. The van der Waals surface area contributed by atoms with Crippen LogP contribution in [0.4, 0.5) is 0 Å². The molecule has 0 unspecified atom stereocenters. The Kier molecular flexibility index (Phi) is 4.99. The number of aromatic nitrogens is 2. The van der Waals surface area contributed by atoms with E-state index in [1.165, 1.54) is 6.20 Å². The number of carbonyl (C=O) groups excluding carboxylic acids is 2. The van der Waals surface area contributed by atoms with Crippen LogP contribution in [0.5, 0.6) is 0 Å². The number of para-hydroxylation sites is 2. The van der Waals surface area contributed by atoms with Gasteiger partial charge in [-0.15, -0.1) is 0 Å². The zero-order chi connectivity index (χ0) is 17.6. The normalized spacial score (nSPS) is 10.4. The number of nitrogens with one attached hydrogen (secondary N) is 1. The summed E-state index contributed by atoms with van der Waals surface area (Å²) in [6, 6.07) is 15.0. The molecule has 0 fully saturated rings. The van der Waals surface area contributed by atoms with Gasteiger partial charge in [-0.05, 0) is 24.6 Å². The summed E-state index contributed by atoms with van der Waals surface area (Å²) in [6.07, 6.45) is 1.34. The van der Waals surface area contributed by atoms with Gasteiger partial charge in [-0.25, -0.2) is 9.78 Å².